The van der Waals surface area contributed by atoms with E-state index >= 15 is 0 Å². The maximum absolute atomic E-state index is 6.34. The predicted molar refractivity (Wildman–Crippen MR) is 220 cm³/mol. The van der Waals surface area contributed by atoms with Gasteiger partial charge in [-0.2, -0.15) is 0 Å². The lowest BCUT2D eigenvalue weighted by Gasteiger charge is -2.15. The Kier molecular flexibility index (Phi) is 5.99. The van der Waals surface area contributed by atoms with Crippen molar-refractivity contribution in [1.29, 1.82) is 0 Å². The topological polar surface area (TPSA) is 56.7 Å². The third kappa shape index (κ3) is 4.06. The lowest BCUT2D eigenvalue weighted by molar-refractivity contribution is 0.669. The molecule has 0 amide bonds. The van der Waals surface area contributed by atoms with E-state index < -0.39 is 0 Å². The number of aromatic nitrogens is 4. The van der Waals surface area contributed by atoms with Gasteiger partial charge >= 0.3 is 0 Å². The summed E-state index contributed by atoms with van der Waals surface area (Å²) in [4.78, 5) is 16.1. The Labute approximate surface area is 309 Å². The van der Waals surface area contributed by atoms with Crippen LogP contribution < -0.4 is 0 Å². The Balaban J connectivity index is 1.16. The maximum atomic E-state index is 6.34. The van der Waals surface area contributed by atoms with E-state index in [1.165, 1.54) is 38.4 Å². The summed E-state index contributed by atoms with van der Waals surface area (Å²) in [5.41, 5.74) is 12.6. The summed E-state index contributed by atoms with van der Waals surface area (Å²) in [6.45, 7) is 0. The number of rotatable bonds is 4. The molecule has 0 unspecified atom stereocenters. The highest BCUT2D eigenvalue weighted by atomic mass is 16.3. The number of para-hydroxylation sites is 4. The van der Waals surface area contributed by atoms with Gasteiger partial charge in [0, 0.05) is 38.2 Å². The number of fused-ring (bicyclic) bond motifs is 9. The van der Waals surface area contributed by atoms with Crippen LogP contribution in [0.4, 0.5) is 0 Å². The molecule has 0 spiro atoms. The zero-order chi connectivity index (χ0) is 35.3. The molecular weight excluding hydrogens is 661 g/mol. The van der Waals surface area contributed by atoms with Gasteiger partial charge < -0.3 is 8.98 Å². The summed E-state index contributed by atoms with van der Waals surface area (Å²) >= 11 is 0. The van der Waals surface area contributed by atoms with Crippen LogP contribution in [0.3, 0.4) is 0 Å². The van der Waals surface area contributed by atoms with Gasteiger partial charge in [0.1, 0.15) is 11.2 Å². The Hall–Kier alpha value is -7.37. The smallest absolute Gasteiger partial charge is 0.166 e. The van der Waals surface area contributed by atoms with E-state index in [-0.39, 0.29) is 0 Å². The molecule has 8 aromatic carbocycles. The minimum atomic E-state index is 0.593. The first-order chi connectivity index (χ1) is 26.8. The van der Waals surface area contributed by atoms with Gasteiger partial charge in [-0.15, -0.1) is 0 Å². The van der Waals surface area contributed by atoms with E-state index in [0.29, 0.717) is 17.5 Å². The van der Waals surface area contributed by atoms with Crippen LogP contribution in [0.2, 0.25) is 0 Å². The SMILES string of the molecule is c1ccc2c(c1)-c1cccc3c(-c4nc(-c5ccccc5-n5c6ccccc6c6ccccc65)nc(-c5cccc6oc7ccccc7c56)n4)ccc-2c13. The molecule has 0 aliphatic heterocycles. The molecule has 3 heterocycles. The lowest BCUT2D eigenvalue weighted by atomic mass is 9.98. The van der Waals surface area contributed by atoms with Gasteiger partial charge in [0.2, 0.25) is 0 Å². The van der Waals surface area contributed by atoms with Crippen molar-refractivity contribution in [3.8, 4) is 62.1 Å². The maximum Gasteiger partial charge on any atom is 0.166 e. The molecule has 0 fully saturated rings. The monoisotopic (exact) mass is 688 g/mol. The summed E-state index contributed by atoms with van der Waals surface area (Å²) in [7, 11) is 0. The van der Waals surface area contributed by atoms with Crippen molar-refractivity contribution >= 4 is 54.5 Å². The molecule has 5 heteroatoms. The predicted octanol–water partition coefficient (Wildman–Crippen LogP) is 12.7. The molecule has 0 N–H and O–H groups in total. The molecular formula is C49H28N4O. The van der Waals surface area contributed by atoms with Gasteiger partial charge in [0.05, 0.1) is 16.7 Å². The first kappa shape index (κ1) is 29.2. The van der Waals surface area contributed by atoms with Crippen molar-refractivity contribution in [3.05, 3.63) is 170 Å². The molecule has 0 atom stereocenters. The van der Waals surface area contributed by atoms with Crippen molar-refractivity contribution in [1.82, 2.24) is 19.5 Å². The molecule has 3 aromatic heterocycles. The van der Waals surface area contributed by atoms with E-state index in [1.807, 2.05) is 30.3 Å². The molecule has 5 nitrogen and oxygen atoms in total. The quantitative estimate of drug-likeness (QED) is 0.185. The van der Waals surface area contributed by atoms with Crippen LogP contribution >= 0.6 is 0 Å². The molecule has 0 bridgehead atoms. The normalized spacial score (nSPS) is 12.1. The van der Waals surface area contributed by atoms with Crippen LogP contribution in [0.15, 0.2) is 174 Å². The highest BCUT2D eigenvalue weighted by Gasteiger charge is 2.25. The molecule has 250 valence electrons. The van der Waals surface area contributed by atoms with E-state index in [2.05, 4.69) is 144 Å². The van der Waals surface area contributed by atoms with E-state index in [9.17, 15) is 0 Å². The van der Waals surface area contributed by atoms with Crippen molar-refractivity contribution in [2.75, 3.05) is 0 Å². The summed E-state index contributed by atoms with van der Waals surface area (Å²) in [5, 5.41) is 6.77. The van der Waals surface area contributed by atoms with Crippen molar-refractivity contribution in [3.63, 3.8) is 0 Å². The number of hydrogen-bond donors (Lipinski definition) is 0. The molecule has 11 aromatic rings. The van der Waals surface area contributed by atoms with Gasteiger partial charge in [-0.05, 0) is 75.5 Å². The Morgan fingerprint density at radius 1 is 0.315 bits per heavy atom. The second kappa shape index (κ2) is 11.1. The average molecular weight is 689 g/mol. The first-order valence-electron chi connectivity index (χ1n) is 18.2. The van der Waals surface area contributed by atoms with Gasteiger partial charge in [-0.3, -0.25) is 0 Å². The largest absolute Gasteiger partial charge is 0.456 e. The highest BCUT2D eigenvalue weighted by molar-refractivity contribution is 6.18. The van der Waals surface area contributed by atoms with Crippen LogP contribution in [0.5, 0.6) is 0 Å². The van der Waals surface area contributed by atoms with Gasteiger partial charge in [-0.25, -0.2) is 15.0 Å². The van der Waals surface area contributed by atoms with E-state index in [4.69, 9.17) is 19.4 Å². The van der Waals surface area contributed by atoms with Crippen molar-refractivity contribution in [2.45, 2.75) is 0 Å². The second-order valence-corrected chi connectivity index (χ2v) is 13.9. The fourth-order valence-electron chi connectivity index (χ4n) is 8.74. The summed E-state index contributed by atoms with van der Waals surface area (Å²) < 4.78 is 8.68. The van der Waals surface area contributed by atoms with Crippen molar-refractivity contribution in [2.24, 2.45) is 0 Å². The molecule has 0 saturated carbocycles. The van der Waals surface area contributed by atoms with Crippen LogP contribution in [0, 0.1) is 0 Å². The van der Waals surface area contributed by atoms with Crippen LogP contribution in [-0.2, 0) is 0 Å². The number of benzene rings is 8. The van der Waals surface area contributed by atoms with E-state index in [0.717, 1.165) is 60.7 Å². The fourth-order valence-corrected chi connectivity index (χ4v) is 8.74. The average Bonchev–Trinajstić information content (AvgIpc) is 3.90. The Morgan fingerprint density at radius 2 is 0.796 bits per heavy atom. The zero-order valence-corrected chi connectivity index (χ0v) is 28.9. The summed E-state index contributed by atoms with van der Waals surface area (Å²) in [5.74, 6) is 1.82. The van der Waals surface area contributed by atoms with Crippen LogP contribution in [0.25, 0.3) is 117 Å². The Morgan fingerprint density at radius 3 is 1.56 bits per heavy atom. The second-order valence-electron chi connectivity index (χ2n) is 13.9. The standard InChI is InChI=1S/C49H28N4O/c1-2-14-30-29(13-1)33-19-11-20-34-36(28-27-35(30)45(33)34)47-50-48(52-49(51-47)39-21-12-26-44-46(39)38-18-6-10-25-43(38)54-44)37-17-5-9-24-42(37)53-40-22-7-3-15-31(40)32-16-4-8-23-41(32)53/h1-28H. The molecule has 1 aliphatic rings. The fraction of sp³-hybridized carbons (Fsp3) is 0. The van der Waals surface area contributed by atoms with Gasteiger partial charge in [0.25, 0.3) is 0 Å². The van der Waals surface area contributed by atoms with Gasteiger partial charge in [0.15, 0.2) is 17.5 Å². The van der Waals surface area contributed by atoms with Gasteiger partial charge in [-0.1, -0.05) is 127 Å². The minimum Gasteiger partial charge on any atom is -0.456 e. The number of furan rings is 1. The molecule has 1 aliphatic carbocycles. The van der Waals surface area contributed by atoms with Crippen molar-refractivity contribution < 1.29 is 4.42 Å². The summed E-state index contributed by atoms with van der Waals surface area (Å²) in [6.07, 6.45) is 0. The molecule has 12 rings (SSSR count). The summed E-state index contributed by atoms with van der Waals surface area (Å²) in [6, 6.07) is 59.5. The zero-order valence-electron chi connectivity index (χ0n) is 28.9. The number of hydrogen-bond acceptors (Lipinski definition) is 4. The molecule has 54 heavy (non-hydrogen) atoms. The first-order valence-corrected chi connectivity index (χ1v) is 18.2. The molecule has 0 radical (unpaired) electrons. The van der Waals surface area contributed by atoms with E-state index in [1.54, 1.807) is 0 Å². The number of nitrogens with zero attached hydrogens (tertiary/aromatic N) is 4. The van der Waals surface area contributed by atoms with Crippen LogP contribution in [0.1, 0.15) is 0 Å². The Bertz CT molecular complexity index is 3270. The van der Waals surface area contributed by atoms with Crippen LogP contribution in [-0.4, -0.2) is 19.5 Å². The highest BCUT2D eigenvalue weighted by Crippen LogP contribution is 2.49. The third-order valence-corrected chi connectivity index (χ3v) is 11.0. The third-order valence-electron chi connectivity index (χ3n) is 11.0. The molecule has 0 saturated heterocycles. The lowest BCUT2D eigenvalue weighted by Crippen LogP contribution is -2.04. The minimum absolute atomic E-state index is 0.593.